The maximum Gasteiger partial charge on any atom is 0.173 e. The van der Waals surface area contributed by atoms with Gasteiger partial charge in [0.15, 0.2) is 11.6 Å². The van der Waals surface area contributed by atoms with E-state index in [4.69, 9.17) is 4.74 Å². The average Bonchev–Trinajstić information content (AvgIpc) is 2.39. The van der Waals surface area contributed by atoms with Crippen molar-refractivity contribution < 1.29 is 24.5 Å². The lowest BCUT2D eigenvalue weighted by molar-refractivity contribution is -0.0745. The van der Waals surface area contributed by atoms with Crippen LogP contribution in [-0.2, 0) is 4.74 Å². The van der Waals surface area contributed by atoms with Gasteiger partial charge in [0.05, 0.1) is 23.7 Å². The molecule has 0 bridgehead atoms. The first-order valence-electron chi connectivity index (χ1n) is 7.12. The molecular formula is C16H18O5. The predicted molar refractivity (Wildman–Crippen MR) is 74.8 cm³/mol. The first kappa shape index (κ1) is 14.1. The fourth-order valence-electron chi connectivity index (χ4n) is 3.67. The summed E-state index contributed by atoms with van der Waals surface area (Å²) in [7, 11) is 0. The number of rotatable bonds is 0. The molecule has 112 valence electrons. The number of aromatic hydroxyl groups is 2. The second-order valence-corrected chi connectivity index (χ2v) is 6.04. The van der Waals surface area contributed by atoms with Crippen molar-refractivity contribution >= 4 is 11.6 Å². The Labute approximate surface area is 122 Å². The molecule has 4 atom stereocenters. The highest BCUT2D eigenvalue weighted by molar-refractivity contribution is 6.18. The number of phenols is 2. The van der Waals surface area contributed by atoms with Gasteiger partial charge in [0.25, 0.3) is 0 Å². The Kier molecular flexibility index (Phi) is 3.06. The number of ether oxygens (including phenoxy) is 1. The second kappa shape index (κ2) is 4.56. The van der Waals surface area contributed by atoms with Crippen LogP contribution < -0.4 is 0 Å². The lowest BCUT2D eigenvalue weighted by atomic mass is 9.67. The van der Waals surface area contributed by atoms with Gasteiger partial charge in [-0.15, -0.1) is 0 Å². The van der Waals surface area contributed by atoms with E-state index in [0.29, 0.717) is 12.0 Å². The Balaban J connectivity index is 2.23. The van der Waals surface area contributed by atoms with Crippen molar-refractivity contribution in [1.29, 1.82) is 0 Å². The van der Waals surface area contributed by atoms with Crippen LogP contribution in [-0.4, -0.2) is 34.0 Å². The van der Waals surface area contributed by atoms with E-state index in [1.807, 2.05) is 6.92 Å². The van der Waals surface area contributed by atoms with Crippen LogP contribution in [0.3, 0.4) is 0 Å². The lowest BCUT2D eigenvalue weighted by Gasteiger charge is -2.41. The Hall–Kier alpha value is -1.88. The van der Waals surface area contributed by atoms with E-state index in [1.165, 1.54) is 0 Å². The summed E-state index contributed by atoms with van der Waals surface area (Å²) < 4.78 is 5.68. The van der Waals surface area contributed by atoms with Crippen LogP contribution in [0.4, 0.5) is 0 Å². The van der Waals surface area contributed by atoms with Gasteiger partial charge in [-0.05, 0) is 27.2 Å². The van der Waals surface area contributed by atoms with Crippen molar-refractivity contribution in [3.8, 4) is 11.5 Å². The summed E-state index contributed by atoms with van der Waals surface area (Å²) in [5.74, 6) is -1.95. The molecule has 0 aromatic heterocycles. The van der Waals surface area contributed by atoms with Crippen LogP contribution >= 0.6 is 0 Å². The van der Waals surface area contributed by atoms with Crippen LogP contribution in [0.2, 0.25) is 0 Å². The molecule has 0 radical (unpaired) electrons. The first-order chi connectivity index (χ1) is 9.82. The van der Waals surface area contributed by atoms with Crippen LogP contribution in [0, 0.1) is 18.8 Å². The third-order valence-corrected chi connectivity index (χ3v) is 4.64. The summed E-state index contributed by atoms with van der Waals surface area (Å²) in [5, 5.41) is 19.8. The zero-order valence-corrected chi connectivity index (χ0v) is 12.2. The Bertz CT molecular complexity index is 649. The van der Waals surface area contributed by atoms with Gasteiger partial charge in [-0.2, -0.15) is 0 Å². The second-order valence-electron chi connectivity index (χ2n) is 6.04. The number of carbonyl (C=O) groups is 2. The highest BCUT2D eigenvalue weighted by Crippen LogP contribution is 2.45. The number of ketones is 2. The van der Waals surface area contributed by atoms with Gasteiger partial charge in [0.2, 0.25) is 0 Å². The third kappa shape index (κ3) is 1.87. The normalized spacial score (nSPS) is 31.8. The van der Waals surface area contributed by atoms with E-state index in [0.717, 1.165) is 6.07 Å². The smallest absolute Gasteiger partial charge is 0.173 e. The Morgan fingerprint density at radius 2 is 1.76 bits per heavy atom. The number of fused-ring (bicyclic) bond motifs is 2. The quantitative estimate of drug-likeness (QED) is 0.765. The highest BCUT2D eigenvalue weighted by Gasteiger charge is 2.49. The van der Waals surface area contributed by atoms with Gasteiger partial charge in [0.1, 0.15) is 11.5 Å². The molecule has 1 saturated heterocycles. The van der Waals surface area contributed by atoms with Crippen LogP contribution in [0.15, 0.2) is 6.07 Å². The van der Waals surface area contributed by atoms with Gasteiger partial charge in [0, 0.05) is 23.1 Å². The van der Waals surface area contributed by atoms with E-state index in [1.54, 1.807) is 13.8 Å². The van der Waals surface area contributed by atoms with Gasteiger partial charge in [-0.25, -0.2) is 0 Å². The molecule has 3 rings (SSSR count). The van der Waals surface area contributed by atoms with Crippen molar-refractivity contribution in [3.05, 3.63) is 22.8 Å². The molecule has 1 aromatic carbocycles. The zero-order valence-electron chi connectivity index (χ0n) is 12.2. The van der Waals surface area contributed by atoms with Crippen molar-refractivity contribution in [3.63, 3.8) is 0 Å². The van der Waals surface area contributed by atoms with Crippen molar-refractivity contribution in [1.82, 2.24) is 0 Å². The van der Waals surface area contributed by atoms with Crippen molar-refractivity contribution in [2.45, 2.75) is 39.4 Å². The van der Waals surface area contributed by atoms with Crippen molar-refractivity contribution in [2.24, 2.45) is 11.8 Å². The van der Waals surface area contributed by atoms with Crippen LogP contribution in [0.25, 0.3) is 0 Å². The fraction of sp³-hybridized carbons (Fsp3) is 0.500. The number of Topliss-reactive ketones (excluding diaryl/α,β-unsaturated/α-hetero) is 2. The average molecular weight is 290 g/mol. The van der Waals surface area contributed by atoms with E-state index < -0.39 is 11.8 Å². The largest absolute Gasteiger partial charge is 0.508 e. The predicted octanol–water partition coefficient (Wildman–Crippen LogP) is 2.21. The molecule has 2 aliphatic rings. The summed E-state index contributed by atoms with van der Waals surface area (Å²) in [6.07, 6.45) is 0.0251. The van der Waals surface area contributed by atoms with E-state index in [-0.39, 0.29) is 46.4 Å². The number of benzene rings is 1. The van der Waals surface area contributed by atoms with Gasteiger partial charge >= 0.3 is 0 Å². The van der Waals surface area contributed by atoms with E-state index >= 15 is 0 Å². The molecule has 5 heteroatoms. The minimum Gasteiger partial charge on any atom is -0.508 e. The maximum absolute atomic E-state index is 12.8. The molecule has 1 aromatic rings. The molecule has 21 heavy (non-hydrogen) atoms. The van der Waals surface area contributed by atoms with E-state index in [9.17, 15) is 19.8 Å². The molecule has 0 unspecified atom stereocenters. The number of carbonyl (C=O) groups excluding carboxylic acids is 2. The summed E-state index contributed by atoms with van der Waals surface area (Å²) in [5.41, 5.74) is 0.549. The van der Waals surface area contributed by atoms with Gasteiger partial charge < -0.3 is 14.9 Å². The summed E-state index contributed by atoms with van der Waals surface area (Å²) in [6.45, 7) is 5.26. The molecule has 1 heterocycles. The number of hydrogen-bond acceptors (Lipinski definition) is 5. The molecule has 0 spiro atoms. The van der Waals surface area contributed by atoms with Gasteiger partial charge in [-0.1, -0.05) is 0 Å². The minimum absolute atomic E-state index is 0.0292. The number of hydrogen-bond donors (Lipinski definition) is 2. The molecule has 1 fully saturated rings. The third-order valence-electron chi connectivity index (χ3n) is 4.64. The molecule has 5 nitrogen and oxygen atoms in total. The monoisotopic (exact) mass is 290 g/mol. The number of phenolic OH excluding ortho intramolecular Hbond substituents is 2. The van der Waals surface area contributed by atoms with Crippen LogP contribution in [0.1, 0.15) is 46.5 Å². The topological polar surface area (TPSA) is 83.8 Å². The molecule has 0 amide bonds. The molecule has 2 N–H and O–H groups in total. The molecule has 1 aliphatic heterocycles. The Morgan fingerprint density at radius 1 is 1.10 bits per heavy atom. The summed E-state index contributed by atoms with van der Waals surface area (Å²) in [4.78, 5) is 25.5. The standard InChI is InChI=1S/C16H18O5/c1-6-4-9-13(8(3)21-6)16(20)14-11(18)5-10(17)7(2)12(14)15(9)19/h5-6,8-9,13,17-18H,4H2,1-3H3/t6-,8+,9+,13+/m0/s1. The zero-order chi connectivity index (χ0) is 15.5. The summed E-state index contributed by atoms with van der Waals surface area (Å²) >= 11 is 0. The van der Waals surface area contributed by atoms with E-state index in [2.05, 4.69) is 0 Å². The maximum atomic E-state index is 12.8. The first-order valence-corrected chi connectivity index (χ1v) is 7.12. The fourth-order valence-corrected chi connectivity index (χ4v) is 3.67. The molecular weight excluding hydrogens is 272 g/mol. The molecule has 1 aliphatic carbocycles. The SMILES string of the molecule is Cc1c(O)cc(O)c2c1C(=O)[C@@H]1C[C@H](C)O[C@H](C)[C@H]1C2=O. The minimum atomic E-state index is -0.559. The summed E-state index contributed by atoms with van der Waals surface area (Å²) in [6, 6.07) is 1.12. The molecule has 0 saturated carbocycles. The Morgan fingerprint density at radius 3 is 2.43 bits per heavy atom. The van der Waals surface area contributed by atoms with Gasteiger partial charge in [-0.3, -0.25) is 9.59 Å². The van der Waals surface area contributed by atoms with Crippen LogP contribution in [0.5, 0.6) is 11.5 Å². The highest BCUT2D eigenvalue weighted by atomic mass is 16.5. The van der Waals surface area contributed by atoms with Crippen molar-refractivity contribution in [2.75, 3.05) is 0 Å². The lowest BCUT2D eigenvalue weighted by Crippen LogP contribution is -2.49.